The van der Waals surface area contributed by atoms with E-state index in [0.717, 1.165) is 19.4 Å². The van der Waals surface area contributed by atoms with E-state index in [0.29, 0.717) is 6.04 Å². The number of nitrogens with two attached hydrogens (primary N) is 1. The lowest BCUT2D eigenvalue weighted by Crippen LogP contribution is -2.23. The zero-order chi connectivity index (χ0) is 7.11. The molecule has 0 amide bonds. The van der Waals surface area contributed by atoms with Gasteiger partial charge in [-0.3, -0.25) is 3.53 Å². The Morgan fingerprint density at radius 3 is 2.67 bits per heavy atom. The molecule has 0 spiro atoms. The van der Waals surface area contributed by atoms with Gasteiger partial charge in [-0.15, -0.1) is 0 Å². The Balaban J connectivity index is 2.95. The Bertz CT molecular complexity index is 59.0. The average molecular weight is 242 g/mol. The molecule has 1 atom stereocenters. The molecule has 9 heavy (non-hydrogen) atoms. The van der Waals surface area contributed by atoms with Gasteiger partial charge in [0.15, 0.2) is 0 Å². The second-order valence-corrected chi connectivity index (χ2v) is 2.98. The van der Waals surface area contributed by atoms with Crippen LogP contribution in [0.25, 0.3) is 0 Å². The summed E-state index contributed by atoms with van der Waals surface area (Å²) in [4.78, 5) is 0. The monoisotopic (exact) mass is 242 g/mol. The molecule has 0 aliphatic heterocycles. The van der Waals surface area contributed by atoms with Crippen molar-refractivity contribution in [2.24, 2.45) is 5.73 Å². The molecule has 0 aromatic carbocycles. The second kappa shape index (κ2) is 6.77. The maximum atomic E-state index is 5.73. The first-order chi connectivity index (χ1) is 4.31. The van der Waals surface area contributed by atoms with Crippen molar-refractivity contribution >= 4 is 22.9 Å². The topological polar surface area (TPSA) is 38.0 Å². The highest BCUT2D eigenvalue weighted by Gasteiger charge is 1.97. The number of halogens is 1. The van der Waals surface area contributed by atoms with Gasteiger partial charge >= 0.3 is 0 Å². The first-order valence-electron chi connectivity index (χ1n) is 3.40. The fourth-order valence-electron chi connectivity index (χ4n) is 0.755. The van der Waals surface area contributed by atoms with Gasteiger partial charge in [0.2, 0.25) is 0 Å². The van der Waals surface area contributed by atoms with Crippen molar-refractivity contribution < 1.29 is 0 Å². The highest BCUT2D eigenvalue weighted by atomic mass is 127. The zero-order valence-corrected chi connectivity index (χ0v) is 8.02. The first kappa shape index (κ1) is 9.65. The van der Waals surface area contributed by atoms with Crippen LogP contribution in [0.15, 0.2) is 0 Å². The van der Waals surface area contributed by atoms with E-state index < -0.39 is 0 Å². The van der Waals surface area contributed by atoms with Gasteiger partial charge in [-0.05, 0) is 12.8 Å². The zero-order valence-electron chi connectivity index (χ0n) is 5.86. The molecule has 0 radical (unpaired) electrons. The maximum Gasteiger partial charge on any atom is 0.0169 e. The van der Waals surface area contributed by atoms with Crippen molar-refractivity contribution in [3.8, 4) is 0 Å². The van der Waals surface area contributed by atoms with Gasteiger partial charge in [0.05, 0.1) is 0 Å². The van der Waals surface area contributed by atoms with Crippen LogP contribution in [0.2, 0.25) is 0 Å². The highest BCUT2D eigenvalue weighted by molar-refractivity contribution is 14.1. The summed E-state index contributed by atoms with van der Waals surface area (Å²) in [5.74, 6) is 0. The Hall–Kier alpha value is 0.650. The van der Waals surface area contributed by atoms with Gasteiger partial charge in [0, 0.05) is 35.5 Å². The van der Waals surface area contributed by atoms with Gasteiger partial charge in [-0.2, -0.15) is 0 Å². The molecule has 0 aromatic heterocycles. The van der Waals surface area contributed by atoms with Crippen LogP contribution in [0.3, 0.4) is 0 Å². The molecular weight excluding hydrogens is 227 g/mol. The van der Waals surface area contributed by atoms with Gasteiger partial charge in [-0.1, -0.05) is 13.3 Å². The lowest BCUT2D eigenvalue weighted by Gasteiger charge is -2.07. The van der Waals surface area contributed by atoms with Crippen molar-refractivity contribution in [2.75, 3.05) is 6.54 Å². The second-order valence-electron chi connectivity index (χ2n) is 2.22. The van der Waals surface area contributed by atoms with Gasteiger partial charge in [-0.25, -0.2) is 0 Å². The predicted octanol–water partition coefficient (Wildman–Crippen LogP) is 1.44. The minimum absolute atomic E-state index is 0.400. The number of hydrogen-bond donors (Lipinski definition) is 2. The highest BCUT2D eigenvalue weighted by Crippen LogP contribution is 1.96. The standard InChI is InChI=1S/C6H15IN2/c1-2-3-6(8)4-5-9-7/h6,9H,2-5,8H2,1H3. The van der Waals surface area contributed by atoms with Crippen LogP contribution in [0.5, 0.6) is 0 Å². The van der Waals surface area contributed by atoms with Crippen LogP contribution in [-0.2, 0) is 0 Å². The predicted molar refractivity (Wildman–Crippen MR) is 49.5 cm³/mol. The largest absolute Gasteiger partial charge is 0.328 e. The number of nitrogens with one attached hydrogen (secondary N) is 1. The third-order valence-corrected chi connectivity index (χ3v) is 1.81. The minimum Gasteiger partial charge on any atom is -0.328 e. The average Bonchev–Trinajstić information content (AvgIpc) is 1.85. The molecule has 3 N–H and O–H groups in total. The van der Waals surface area contributed by atoms with E-state index >= 15 is 0 Å². The molecule has 2 nitrogen and oxygen atoms in total. The van der Waals surface area contributed by atoms with Gasteiger partial charge in [0.1, 0.15) is 0 Å². The lowest BCUT2D eigenvalue weighted by atomic mass is 10.1. The normalized spacial score (nSPS) is 13.7. The summed E-state index contributed by atoms with van der Waals surface area (Å²) in [6.45, 7) is 3.19. The summed E-state index contributed by atoms with van der Waals surface area (Å²) >= 11 is 2.14. The first-order valence-corrected chi connectivity index (χ1v) is 4.48. The van der Waals surface area contributed by atoms with Crippen molar-refractivity contribution in [1.29, 1.82) is 0 Å². The third kappa shape index (κ3) is 6.54. The molecule has 0 heterocycles. The maximum absolute atomic E-state index is 5.73. The summed E-state index contributed by atoms with van der Waals surface area (Å²) in [6, 6.07) is 0.400. The Morgan fingerprint density at radius 1 is 1.56 bits per heavy atom. The number of hydrogen-bond acceptors (Lipinski definition) is 2. The molecule has 0 bridgehead atoms. The van der Waals surface area contributed by atoms with E-state index in [1.807, 2.05) is 0 Å². The fourth-order valence-corrected chi connectivity index (χ4v) is 1.07. The third-order valence-electron chi connectivity index (χ3n) is 1.27. The van der Waals surface area contributed by atoms with Crippen LogP contribution < -0.4 is 9.26 Å². The van der Waals surface area contributed by atoms with Crippen molar-refractivity contribution in [2.45, 2.75) is 32.2 Å². The van der Waals surface area contributed by atoms with E-state index in [1.54, 1.807) is 0 Å². The Labute approximate surface area is 71.1 Å². The molecule has 0 rings (SSSR count). The van der Waals surface area contributed by atoms with Crippen LogP contribution in [0.1, 0.15) is 26.2 Å². The molecule has 0 saturated carbocycles. The molecule has 0 saturated heterocycles. The van der Waals surface area contributed by atoms with Gasteiger partial charge in [0.25, 0.3) is 0 Å². The number of rotatable bonds is 5. The van der Waals surface area contributed by atoms with E-state index in [-0.39, 0.29) is 0 Å². The molecule has 0 fully saturated rings. The van der Waals surface area contributed by atoms with Crippen LogP contribution >= 0.6 is 22.9 Å². The van der Waals surface area contributed by atoms with E-state index in [4.69, 9.17) is 5.73 Å². The SMILES string of the molecule is CCCC(N)CCNI. The summed E-state index contributed by atoms with van der Waals surface area (Å²) < 4.78 is 3.05. The minimum atomic E-state index is 0.400. The molecule has 0 aliphatic carbocycles. The van der Waals surface area contributed by atoms with E-state index in [9.17, 15) is 0 Å². The summed E-state index contributed by atoms with van der Waals surface area (Å²) in [5.41, 5.74) is 5.73. The summed E-state index contributed by atoms with van der Waals surface area (Å²) in [5, 5.41) is 0. The van der Waals surface area contributed by atoms with Crippen LogP contribution in [0, 0.1) is 0 Å². The van der Waals surface area contributed by atoms with Crippen molar-refractivity contribution in [1.82, 2.24) is 3.53 Å². The lowest BCUT2D eigenvalue weighted by molar-refractivity contribution is 0.563. The van der Waals surface area contributed by atoms with E-state index in [1.165, 1.54) is 6.42 Å². The van der Waals surface area contributed by atoms with E-state index in [2.05, 4.69) is 33.3 Å². The molecule has 56 valence electrons. The van der Waals surface area contributed by atoms with Gasteiger partial charge < -0.3 is 5.73 Å². The quantitative estimate of drug-likeness (QED) is 0.565. The summed E-state index contributed by atoms with van der Waals surface area (Å²) in [7, 11) is 0. The molecule has 1 unspecified atom stereocenters. The summed E-state index contributed by atoms with van der Waals surface area (Å²) in [6.07, 6.45) is 3.44. The smallest absolute Gasteiger partial charge is 0.0169 e. The molecular formula is C6H15IN2. The van der Waals surface area contributed by atoms with Crippen molar-refractivity contribution in [3.05, 3.63) is 0 Å². The Morgan fingerprint density at radius 2 is 2.22 bits per heavy atom. The molecule has 0 aromatic rings. The van der Waals surface area contributed by atoms with Crippen LogP contribution in [-0.4, -0.2) is 12.6 Å². The van der Waals surface area contributed by atoms with Crippen molar-refractivity contribution in [3.63, 3.8) is 0 Å². The Kier molecular flexibility index (Phi) is 7.25. The van der Waals surface area contributed by atoms with Crippen LogP contribution in [0.4, 0.5) is 0 Å². The molecule has 3 heteroatoms. The molecule has 0 aliphatic rings. The fraction of sp³-hybridized carbons (Fsp3) is 1.00.